The van der Waals surface area contributed by atoms with E-state index in [-0.39, 0.29) is 18.2 Å². The second-order valence-electron chi connectivity index (χ2n) is 9.20. The highest BCUT2D eigenvalue weighted by Crippen LogP contribution is 2.32. The van der Waals surface area contributed by atoms with Crippen LogP contribution >= 0.6 is 11.8 Å². The number of benzene rings is 2. The normalized spacial score (nSPS) is 18.9. The molecule has 0 aliphatic carbocycles. The lowest BCUT2D eigenvalue weighted by molar-refractivity contribution is -0.142. The third kappa shape index (κ3) is 5.08. The van der Waals surface area contributed by atoms with Gasteiger partial charge in [0.05, 0.1) is 24.0 Å². The topological polar surface area (TPSA) is 88.2 Å². The summed E-state index contributed by atoms with van der Waals surface area (Å²) in [5.41, 5.74) is 3.88. The molecule has 0 N–H and O–H groups in total. The Labute approximate surface area is 226 Å². The van der Waals surface area contributed by atoms with Crippen molar-refractivity contribution in [3.05, 3.63) is 83.1 Å². The average Bonchev–Trinajstić information content (AvgIpc) is 3.61. The Balaban J connectivity index is 1.61. The molecule has 1 aromatic heterocycles. The van der Waals surface area contributed by atoms with Crippen LogP contribution in [0.1, 0.15) is 32.3 Å². The molecule has 5 rings (SSSR count). The van der Waals surface area contributed by atoms with E-state index in [2.05, 4.69) is 19.1 Å². The second kappa shape index (κ2) is 11.2. The molecule has 1 unspecified atom stereocenters. The molecule has 1 saturated heterocycles. The third-order valence-corrected chi connectivity index (χ3v) is 7.63. The minimum atomic E-state index is -0.563. The number of aromatic nitrogens is 2. The molecule has 1 fully saturated rings. The summed E-state index contributed by atoms with van der Waals surface area (Å²) in [5.74, 6) is -0.00274. The van der Waals surface area contributed by atoms with Crippen LogP contribution in [0.4, 0.5) is 0 Å². The Kier molecular flexibility index (Phi) is 7.59. The molecule has 0 radical (unpaired) electrons. The fourth-order valence-electron chi connectivity index (χ4n) is 4.75. The number of amides is 2. The van der Waals surface area contributed by atoms with Crippen molar-refractivity contribution in [3.63, 3.8) is 0 Å². The molecule has 0 saturated carbocycles. The van der Waals surface area contributed by atoms with Crippen LogP contribution < -0.4 is 0 Å². The largest absolute Gasteiger partial charge is 0.376 e. The number of rotatable bonds is 7. The quantitative estimate of drug-likeness (QED) is 0.233. The molecule has 8 heteroatoms. The Hall–Kier alpha value is -3.93. The lowest BCUT2D eigenvalue weighted by Crippen LogP contribution is -2.46. The number of para-hydroxylation sites is 1. The molecule has 38 heavy (non-hydrogen) atoms. The molecule has 1 atom stereocenters. The van der Waals surface area contributed by atoms with Crippen LogP contribution in [0.3, 0.4) is 0 Å². The zero-order valence-electron chi connectivity index (χ0n) is 21.4. The molecule has 3 heterocycles. The van der Waals surface area contributed by atoms with Gasteiger partial charge in [-0.05, 0) is 61.4 Å². The lowest BCUT2D eigenvalue weighted by atomic mass is 9.93. The number of hydrogen-bond acceptors (Lipinski definition) is 6. The molecule has 2 aromatic carbocycles. The maximum atomic E-state index is 13.6. The predicted molar refractivity (Wildman–Crippen MR) is 147 cm³/mol. The molecule has 0 spiro atoms. The minimum Gasteiger partial charge on any atom is -0.376 e. The highest BCUT2D eigenvalue weighted by atomic mass is 32.2. The monoisotopic (exact) mass is 524 g/mol. The van der Waals surface area contributed by atoms with Crippen molar-refractivity contribution in [1.29, 1.82) is 5.26 Å². The fourth-order valence-corrected chi connectivity index (χ4v) is 5.41. The van der Waals surface area contributed by atoms with E-state index >= 15 is 0 Å². The van der Waals surface area contributed by atoms with E-state index in [1.807, 2.05) is 54.7 Å². The van der Waals surface area contributed by atoms with Crippen LogP contribution in [0, 0.1) is 11.3 Å². The summed E-state index contributed by atoms with van der Waals surface area (Å²) in [4.78, 5) is 29.0. The Morgan fingerprint density at radius 1 is 1.13 bits per heavy atom. The number of hydrogen-bond donors (Lipinski definition) is 0. The summed E-state index contributed by atoms with van der Waals surface area (Å²) in [7, 11) is 0. The van der Waals surface area contributed by atoms with E-state index in [4.69, 9.17) is 9.84 Å². The standard InChI is InChI=1S/C30H28N4O3S/c1-3-38-25-13-11-21(12-14-25)28-22(18-34(32-28)23-8-5-4-6-9-23)16-26-20(2)27(17-31)30(36)33(29(26)35)19-24-10-7-15-37-24/h4-6,8-9,11-14,16,18,24H,3,7,10,15,19H2,1-2H3/b26-16+. The van der Waals surface area contributed by atoms with E-state index < -0.39 is 11.8 Å². The van der Waals surface area contributed by atoms with Gasteiger partial charge in [-0.1, -0.05) is 37.3 Å². The number of thioether (sulfide) groups is 1. The van der Waals surface area contributed by atoms with Gasteiger partial charge in [0.1, 0.15) is 11.6 Å². The van der Waals surface area contributed by atoms with Crippen LogP contribution in [0.5, 0.6) is 0 Å². The molecule has 7 nitrogen and oxygen atoms in total. The number of nitriles is 1. The average molecular weight is 525 g/mol. The van der Waals surface area contributed by atoms with E-state index in [1.165, 1.54) is 4.90 Å². The Morgan fingerprint density at radius 2 is 1.89 bits per heavy atom. The van der Waals surface area contributed by atoms with Crippen molar-refractivity contribution < 1.29 is 14.3 Å². The van der Waals surface area contributed by atoms with E-state index in [0.29, 0.717) is 23.4 Å². The highest BCUT2D eigenvalue weighted by Gasteiger charge is 2.37. The Bertz CT molecular complexity index is 1460. The summed E-state index contributed by atoms with van der Waals surface area (Å²) in [6.07, 6.45) is 5.08. The first kappa shape index (κ1) is 25.7. The number of nitrogens with zero attached hydrogens (tertiary/aromatic N) is 4. The molecule has 2 aliphatic heterocycles. The molecule has 3 aromatic rings. The van der Waals surface area contributed by atoms with Gasteiger partial charge in [-0.15, -0.1) is 11.8 Å². The number of imide groups is 1. The van der Waals surface area contributed by atoms with Crippen LogP contribution in [-0.2, 0) is 14.3 Å². The van der Waals surface area contributed by atoms with Crippen molar-refractivity contribution in [2.45, 2.75) is 37.7 Å². The summed E-state index contributed by atoms with van der Waals surface area (Å²) in [6, 6.07) is 19.9. The smallest absolute Gasteiger partial charge is 0.271 e. The van der Waals surface area contributed by atoms with E-state index in [0.717, 1.165) is 40.3 Å². The van der Waals surface area contributed by atoms with Crippen molar-refractivity contribution in [3.8, 4) is 23.0 Å². The summed E-state index contributed by atoms with van der Waals surface area (Å²) in [6.45, 7) is 4.52. The van der Waals surface area contributed by atoms with Gasteiger partial charge >= 0.3 is 0 Å². The minimum absolute atomic E-state index is 0.0215. The summed E-state index contributed by atoms with van der Waals surface area (Å²) in [5, 5.41) is 14.7. The SMILES string of the molecule is CCSc1ccc(-c2nn(-c3ccccc3)cc2/C=C2/C(=O)N(CC3CCCO3)C(=O)C(C#N)=C2C)cc1. The number of carbonyl (C=O) groups excluding carboxylic acids is 2. The highest BCUT2D eigenvalue weighted by molar-refractivity contribution is 7.99. The van der Waals surface area contributed by atoms with Gasteiger partial charge in [-0.3, -0.25) is 14.5 Å². The molecule has 2 amide bonds. The zero-order chi connectivity index (χ0) is 26.6. The van der Waals surface area contributed by atoms with E-state index in [9.17, 15) is 14.9 Å². The molecule has 0 bridgehead atoms. The van der Waals surface area contributed by atoms with Crippen molar-refractivity contribution in [2.24, 2.45) is 0 Å². The molecular weight excluding hydrogens is 496 g/mol. The van der Waals surface area contributed by atoms with Crippen molar-refractivity contribution >= 4 is 29.7 Å². The second-order valence-corrected chi connectivity index (χ2v) is 10.5. The van der Waals surface area contributed by atoms with Gasteiger partial charge in [0.25, 0.3) is 11.8 Å². The summed E-state index contributed by atoms with van der Waals surface area (Å²) < 4.78 is 7.46. The molecule has 2 aliphatic rings. The summed E-state index contributed by atoms with van der Waals surface area (Å²) >= 11 is 1.76. The van der Waals surface area contributed by atoms with Crippen LogP contribution in [0.25, 0.3) is 23.0 Å². The van der Waals surface area contributed by atoms with Crippen molar-refractivity contribution in [2.75, 3.05) is 18.9 Å². The predicted octanol–water partition coefficient (Wildman–Crippen LogP) is 5.42. The van der Waals surface area contributed by atoms with Gasteiger partial charge in [-0.2, -0.15) is 10.4 Å². The fraction of sp³-hybridized carbons (Fsp3) is 0.267. The van der Waals surface area contributed by atoms with E-state index in [1.54, 1.807) is 29.4 Å². The van der Waals surface area contributed by atoms with Crippen LogP contribution in [-0.4, -0.2) is 51.5 Å². The first-order valence-corrected chi connectivity index (χ1v) is 13.7. The van der Waals surface area contributed by atoms with Gasteiger partial charge in [0.2, 0.25) is 0 Å². The Morgan fingerprint density at radius 3 is 2.55 bits per heavy atom. The molecular formula is C30H28N4O3S. The number of carbonyl (C=O) groups is 2. The maximum absolute atomic E-state index is 13.6. The van der Waals surface area contributed by atoms with Crippen LogP contribution in [0.2, 0.25) is 0 Å². The first-order valence-electron chi connectivity index (χ1n) is 12.7. The third-order valence-electron chi connectivity index (χ3n) is 6.74. The first-order chi connectivity index (χ1) is 18.5. The maximum Gasteiger partial charge on any atom is 0.271 e. The number of ether oxygens (including phenoxy) is 1. The van der Waals surface area contributed by atoms with Gasteiger partial charge < -0.3 is 4.74 Å². The zero-order valence-corrected chi connectivity index (χ0v) is 22.2. The van der Waals surface area contributed by atoms with Crippen LogP contribution in [0.15, 0.2) is 82.4 Å². The lowest BCUT2D eigenvalue weighted by Gasteiger charge is -2.29. The van der Waals surface area contributed by atoms with Gasteiger partial charge in [-0.25, -0.2) is 4.68 Å². The van der Waals surface area contributed by atoms with Gasteiger partial charge in [0, 0.05) is 34.4 Å². The van der Waals surface area contributed by atoms with Gasteiger partial charge in [0.15, 0.2) is 0 Å². The van der Waals surface area contributed by atoms with Crippen molar-refractivity contribution in [1.82, 2.24) is 14.7 Å². The molecule has 192 valence electrons.